The predicted octanol–water partition coefficient (Wildman–Crippen LogP) is 2.32. The molecule has 0 spiro atoms. The second-order valence-corrected chi connectivity index (χ2v) is 5.07. The average Bonchev–Trinajstić information content (AvgIpc) is 2.17. The van der Waals surface area contributed by atoms with Gasteiger partial charge in [0, 0.05) is 19.2 Å². The maximum atomic E-state index is 9.12. The highest BCUT2D eigenvalue weighted by atomic mass is 16.3. The van der Waals surface area contributed by atoms with Crippen molar-refractivity contribution in [1.82, 2.24) is 5.32 Å². The zero-order valence-corrected chi connectivity index (χ0v) is 9.68. The Hall–Kier alpha value is -0.0800. The molecule has 1 saturated carbocycles. The van der Waals surface area contributed by atoms with Crippen LogP contribution in [0, 0.1) is 5.41 Å². The fraction of sp³-hybridized carbons (Fsp3) is 1.00. The van der Waals surface area contributed by atoms with Crippen LogP contribution in [0.25, 0.3) is 0 Å². The molecule has 1 aliphatic rings. The molecule has 2 heteroatoms. The van der Waals surface area contributed by atoms with Crippen LogP contribution in [0.3, 0.4) is 0 Å². The number of nitrogens with one attached hydrogen (secondary N) is 1. The quantitative estimate of drug-likeness (QED) is 0.712. The molecule has 0 unspecified atom stereocenters. The Morgan fingerprint density at radius 3 is 2.36 bits per heavy atom. The maximum Gasteiger partial charge on any atom is 0.0436 e. The number of rotatable bonds is 5. The minimum atomic E-state index is 0.347. The summed E-state index contributed by atoms with van der Waals surface area (Å²) in [7, 11) is 0. The first-order valence-electron chi connectivity index (χ1n) is 6.03. The topological polar surface area (TPSA) is 32.3 Å². The van der Waals surface area contributed by atoms with Gasteiger partial charge in [0.05, 0.1) is 0 Å². The van der Waals surface area contributed by atoms with Gasteiger partial charge in [-0.2, -0.15) is 0 Å². The van der Waals surface area contributed by atoms with Crippen LogP contribution in [0.15, 0.2) is 0 Å². The van der Waals surface area contributed by atoms with Crippen LogP contribution in [0.2, 0.25) is 0 Å². The highest BCUT2D eigenvalue weighted by Crippen LogP contribution is 2.38. The van der Waals surface area contributed by atoms with Crippen LogP contribution >= 0.6 is 0 Å². The van der Waals surface area contributed by atoms with Crippen molar-refractivity contribution in [3.05, 3.63) is 0 Å². The van der Waals surface area contributed by atoms with Crippen LogP contribution in [-0.2, 0) is 0 Å². The number of aliphatic hydroxyl groups excluding tert-OH is 1. The number of aliphatic hydroxyl groups is 1. The largest absolute Gasteiger partial charge is 0.396 e. The van der Waals surface area contributed by atoms with Gasteiger partial charge in [0.15, 0.2) is 0 Å². The lowest BCUT2D eigenvalue weighted by atomic mass is 9.72. The molecule has 0 bridgehead atoms. The van der Waals surface area contributed by atoms with Gasteiger partial charge in [0.1, 0.15) is 0 Å². The van der Waals surface area contributed by atoms with Crippen LogP contribution in [-0.4, -0.2) is 24.3 Å². The molecule has 1 fully saturated rings. The monoisotopic (exact) mass is 199 g/mol. The Morgan fingerprint density at radius 1 is 1.21 bits per heavy atom. The van der Waals surface area contributed by atoms with Crippen molar-refractivity contribution in [2.45, 2.75) is 58.4 Å². The molecule has 14 heavy (non-hydrogen) atoms. The second-order valence-electron chi connectivity index (χ2n) is 5.07. The van der Waals surface area contributed by atoms with Crippen molar-refractivity contribution < 1.29 is 5.11 Å². The van der Waals surface area contributed by atoms with Gasteiger partial charge in [-0.05, 0) is 24.7 Å². The Labute approximate surface area is 88.1 Å². The molecule has 0 radical (unpaired) electrons. The van der Waals surface area contributed by atoms with Crippen LogP contribution in [0.1, 0.15) is 52.4 Å². The summed E-state index contributed by atoms with van der Waals surface area (Å²) in [5.74, 6) is 0. The van der Waals surface area contributed by atoms with E-state index in [1.54, 1.807) is 0 Å². The molecule has 0 atom stereocenters. The fourth-order valence-electron chi connectivity index (χ4n) is 2.47. The second kappa shape index (κ2) is 5.72. The van der Waals surface area contributed by atoms with Crippen molar-refractivity contribution >= 4 is 0 Å². The van der Waals surface area contributed by atoms with E-state index in [9.17, 15) is 0 Å². The summed E-state index contributed by atoms with van der Waals surface area (Å²) in [4.78, 5) is 0. The van der Waals surface area contributed by atoms with Crippen LogP contribution in [0.5, 0.6) is 0 Å². The van der Waals surface area contributed by atoms with E-state index >= 15 is 0 Å². The van der Waals surface area contributed by atoms with Crippen molar-refractivity contribution in [3.63, 3.8) is 0 Å². The summed E-state index contributed by atoms with van der Waals surface area (Å²) >= 11 is 0. The minimum absolute atomic E-state index is 0.347. The molecule has 0 aromatic rings. The van der Waals surface area contributed by atoms with E-state index in [-0.39, 0.29) is 0 Å². The molecule has 0 heterocycles. The van der Waals surface area contributed by atoms with Gasteiger partial charge >= 0.3 is 0 Å². The van der Waals surface area contributed by atoms with Gasteiger partial charge in [0.25, 0.3) is 0 Å². The normalized spacial score (nSPS) is 21.4. The lowest BCUT2D eigenvalue weighted by molar-refractivity contribution is 0.124. The van der Waals surface area contributed by atoms with Gasteiger partial charge < -0.3 is 10.4 Å². The van der Waals surface area contributed by atoms with E-state index < -0.39 is 0 Å². The van der Waals surface area contributed by atoms with Crippen molar-refractivity contribution in [2.24, 2.45) is 5.41 Å². The van der Waals surface area contributed by atoms with Crippen molar-refractivity contribution in [2.75, 3.05) is 13.2 Å². The molecule has 0 aliphatic heterocycles. The molecule has 0 aromatic heterocycles. The lowest BCUT2D eigenvalue weighted by Crippen LogP contribution is -2.39. The van der Waals surface area contributed by atoms with Gasteiger partial charge in [-0.15, -0.1) is 0 Å². The zero-order valence-electron chi connectivity index (χ0n) is 9.68. The van der Waals surface area contributed by atoms with Crippen molar-refractivity contribution in [3.8, 4) is 0 Å². The van der Waals surface area contributed by atoms with Crippen LogP contribution in [0.4, 0.5) is 0 Å². The van der Waals surface area contributed by atoms with E-state index in [2.05, 4.69) is 19.2 Å². The summed E-state index contributed by atoms with van der Waals surface area (Å²) in [5.41, 5.74) is 0.400. The van der Waals surface area contributed by atoms with E-state index in [4.69, 9.17) is 5.11 Å². The number of hydrogen-bond acceptors (Lipinski definition) is 2. The summed E-state index contributed by atoms with van der Waals surface area (Å²) in [6.45, 7) is 5.82. The summed E-state index contributed by atoms with van der Waals surface area (Å²) in [6, 6.07) is 0.562. The van der Waals surface area contributed by atoms with E-state index in [0.717, 1.165) is 13.0 Å². The van der Waals surface area contributed by atoms with E-state index in [0.29, 0.717) is 18.1 Å². The predicted molar refractivity (Wildman–Crippen MR) is 60.4 cm³/mol. The SMILES string of the molecule is CC(C)NCC1(CCO)CCCCC1. The number of hydrogen-bond donors (Lipinski definition) is 2. The summed E-state index contributed by atoms with van der Waals surface area (Å²) in [5, 5.41) is 12.7. The highest BCUT2D eigenvalue weighted by molar-refractivity contribution is 4.85. The van der Waals surface area contributed by atoms with Gasteiger partial charge in [0.2, 0.25) is 0 Å². The lowest BCUT2D eigenvalue weighted by Gasteiger charge is -2.38. The average molecular weight is 199 g/mol. The molecular weight excluding hydrogens is 174 g/mol. The first-order chi connectivity index (χ1) is 6.68. The third-order valence-electron chi connectivity index (χ3n) is 3.44. The Balaban J connectivity index is 2.42. The van der Waals surface area contributed by atoms with Crippen LogP contribution < -0.4 is 5.32 Å². The first kappa shape index (κ1) is 12.0. The molecule has 0 aromatic carbocycles. The van der Waals surface area contributed by atoms with E-state index in [1.165, 1.54) is 32.1 Å². The minimum Gasteiger partial charge on any atom is -0.396 e. The molecule has 0 amide bonds. The third-order valence-corrected chi connectivity index (χ3v) is 3.44. The Kier molecular flexibility index (Phi) is 4.90. The first-order valence-corrected chi connectivity index (χ1v) is 6.03. The Bertz CT molecular complexity index is 145. The van der Waals surface area contributed by atoms with Crippen molar-refractivity contribution in [1.29, 1.82) is 0 Å². The van der Waals surface area contributed by atoms with Gasteiger partial charge in [-0.1, -0.05) is 33.1 Å². The molecule has 84 valence electrons. The molecule has 1 rings (SSSR count). The standard InChI is InChI=1S/C12H25NO/c1-11(2)13-10-12(8-9-14)6-4-3-5-7-12/h11,13-14H,3-10H2,1-2H3. The molecule has 2 N–H and O–H groups in total. The summed E-state index contributed by atoms with van der Waals surface area (Å²) in [6.07, 6.45) is 7.65. The molecule has 1 aliphatic carbocycles. The summed E-state index contributed by atoms with van der Waals surface area (Å²) < 4.78 is 0. The van der Waals surface area contributed by atoms with Gasteiger partial charge in [-0.25, -0.2) is 0 Å². The molecule has 2 nitrogen and oxygen atoms in total. The van der Waals surface area contributed by atoms with E-state index in [1.807, 2.05) is 0 Å². The highest BCUT2D eigenvalue weighted by Gasteiger charge is 2.31. The molecule has 0 saturated heterocycles. The third kappa shape index (κ3) is 3.58. The fourth-order valence-corrected chi connectivity index (χ4v) is 2.47. The Morgan fingerprint density at radius 2 is 1.86 bits per heavy atom. The smallest absolute Gasteiger partial charge is 0.0436 e. The molecular formula is C12H25NO. The zero-order chi connectivity index (χ0) is 10.4. The van der Waals surface area contributed by atoms with Gasteiger partial charge in [-0.3, -0.25) is 0 Å². The maximum absolute atomic E-state index is 9.12.